The lowest BCUT2D eigenvalue weighted by molar-refractivity contribution is -0.139. The van der Waals surface area contributed by atoms with Crippen molar-refractivity contribution in [2.24, 2.45) is 0 Å². The zero-order valence-corrected chi connectivity index (χ0v) is 15.9. The minimum atomic E-state index is -0.800. The maximum absolute atomic E-state index is 12.7. The molecule has 1 unspecified atom stereocenters. The molecule has 7 nitrogen and oxygen atoms in total. The second kappa shape index (κ2) is 8.37. The van der Waals surface area contributed by atoms with Gasteiger partial charge in [-0.05, 0) is 19.4 Å². The molecule has 0 radical (unpaired) electrons. The molecular weight excluding hydrogens is 360 g/mol. The van der Waals surface area contributed by atoms with Gasteiger partial charge in [0.1, 0.15) is 5.01 Å². The maximum atomic E-state index is 12.7. The molecule has 1 atom stereocenters. The number of nitrogens with one attached hydrogen (secondary N) is 1. The number of hydrogen-bond donors (Lipinski definition) is 2. The molecule has 0 aromatic carbocycles. The SMILES string of the molecule is CCN(CC(=O)O)C1CC(NC(=O)N2CCSCC2c2nccs2)C1. The van der Waals surface area contributed by atoms with Crippen molar-refractivity contribution in [2.75, 3.05) is 31.1 Å². The Kier molecular flexibility index (Phi) is 6.19. The van der Waals surface area contributed by atoms with Crippen LogP contribution in [0.4, 0.5) is 4.79 Å². The van der Waals surface area contributed by atoms with Crippen LogP contribution in [0.25, 0.3) is 0 Å². The summed E-state index contributed by atoms with van der Waals surface area (Å²) in [6.45, 7) is 3.49. The molecule has 9 heteroatoms. The fourth-order valence-corrected chi connectivity index (χ4v) is 5.29. The van der Waals surface area contributed by atoms with E-state index in [1.54, 1.807) is 17.5 Å². The molecule has 2 amide bonds. The van der Waals surface area contributed by atoms with Crippen LogP contribution in [0.15, 0.2) is 11.6 Å². The molecular formula is C16H24N4O3S2. The number of carbonyl (C=O) groups excluding carboxylic acids is 1. The second-order valence-electron chi connectivity index (χ2n) is 6.38. The molecule has 2 aliphatic rings. The number of nitrogens with zero attached hydrogens (tertiary/aromatic N) is 3. The van der Waals surface area contributed by atoms with Crippen molar-refractivity contribution in [3.8, 4) is 0 Å². The molecule has 25 heavy (non-hydrogen) atoms. The van der Waals surface area contributed by atoms with E-state index >= 15 is 0 Å². The number of hydrogen-bond acceptors (Lipinski definition) is 6. The molecule has 0 spiro atoms. The molecule has 1 aromatic rings. The van der Waals surface area contributed by atoms with Crippen LogP contribution >= 0.6 is 23.1 Å². The summed E-state index contributed by atoms with van der Waals surface area (Å²) in [7, 11) is 0. The highest BCUT2D eigenvalue weighted by molar-refractivity contribution is 7.99. The largest absolute Gasteiger partial charge is 0.480 e. The zero-order valence-electron chi connectivity index (χ0n) is 14.3. The third-order valence-corrected chi connectivity index (χ3v) is 6.73. The number of aliphatic carboxylic acids is 1. The monoisotopic (exact) mass is 384 g/mol. The van der Waals surface area contributed by atoms with E-state index < -0.39 is 5.97 Å². The molecule has 2 heterocycles. The van der Waals surface area contributed by atoms with Gasteiger partial charge in [-0.25, -0.2) is 9.78 Å². The Morgan fingerprint density at radius 1 is 1.48 bits per heavy atom. The first-order valence-electron chi connectivity index (χ1n) is 8.58. The van der Waals surface area contributed by atoms with Crippen molar-refractivity contribution < 1.29 is 14.7 Å². The summed E-state index contributed by atoms with van der Waals surface area (Å²) in [5.74, 6) is 1.03. The van der Waals surface area contributed by atoms with Gasteiger partial charge in [0, 0.05) is 41.7 Å². The highest BCUT2D eigenvalue weighted by Crippen LogP contribution is 2.31. The van der Waals surface area contributed by atoms with Gasteiger partial charge in [0.25, 0.3) is 0 Å². The predicted octanol–water partition coefficient (Wildman–Crippen LogP) is 1.88. The van der Waals surface area contributed by atoms with Crippen molar-refractivity contribution in [1.29, 1.82) is 0 Å². The Hall–Kier alpha value is -1.32. The van der Waals surface area contributed by atoms with Crippen LogP contribution in [0.3, 0.4) is 0 Å². The van der Waals surface area contributed by atoms with Gasteiger partial charge in [0.2, 0.25) is 0 Å². The minimum Gasteiger partial charge on any atom is -0.480 e. The minimum absolute atomic E-state index is 0.0229. The molecule has 1 aliphatic carbocycles. The first-order chi connectivity index (χ1) is 12.1. The van der Waals surface area contributed by atoms with Crippen molar-refractivity contribution >= 4 is 35.1 Å². The highest BCUT2D eigenvalue weighted by atomic mass is 32.2. The molecule has 3 rings (SSSR count). The number of likely N-dealkylation sites (N-methyl/N-ethyl adjacent to an activating group) is 1. The Morgan fingerprint density at radius 2 is 2.28 bits per heavy atom. The summed E-state index contributed by atoms with van der Waals surface area (Å²) >= 11 is 3.45. The Labute approximate surface area is 155 Å². The van der Waals surface area contributed by atoms with E-state index in [2.05, 4.69) is 10.3 Å². The molecule has 1 aromatic heterocycles. The average molecular weight is 385 g/mol. The van der Waals surface area contributed by atoms with Gasteiger partial charge in [-0.15, -0.1) is 11.3 Å². The maximum Gasteiger partial charge on any atom is 0.318 e. The Morgan fingerprint density at radius 3 is 2.92 bits per heavy atom. The fourth-order valence-electron chi connectivity index (χ4n) is 3.38. The van der Waals surface area contributed by atoms with Crippen LogP contribution in [0.2, 0.25) is 0 Å². The van der Waals surface area contributed by atoms with Gasteiger partial charge in [0.05, 0.1) is 12.6 Å². The number of carbonyl (C=O) groups is 2. The van der Waals surface area contributed by atoms with Crippen molar-refractivity contribution in [3.05, 3.63) is 16.6 Å². The number of carboxylic acids is 1. The molecule has 138 valence electrons. The molecule has 2 N–H and O–H groups in total. The topological polar surface area (TPSA) is 85.8 Å². The van der Waals surface area contributed by atoms with E-state index in [1.165, 1.54) is 0 Å². The Bertz CT molecular complexity index is 592. The molecule has 1 saturated carbocycles. The number of urea groups is 1. The highest BCUT2D eigenvalue weighted by Gasteiger charge is 2.37. The van der Waals surface area contributed by atoms with E-state index in [0.29, 0.717) is 6.54 Å². The van der Waals surface area contributed by atoms with Crippen molar-refractivity contribution in [3.63, 3.8) is 0 Å². The molecule has 0 bridgehead atoms. The van der Waals surface area contributed by atoms with E-state index in [9.17, 15) is 9.59 Å². The average Bonchev–Trinajstić information content (AvgIpc) is 3.10. The number of rotatable bonds is 6. The number of thiazole rings is 1. The van der Waals surface area contributed by atoms with Crippen molar-refractivity contribution in [2.45, 2.75) is 37.9 Å². The van der Waals surface area contributed by atoms with E-state index in [0.717, 1.165) is 35.9 Å². The zero-order chi connectivity index (χ0) is 17.8. The molecule has 2 fully saturated rings. The number of aromatic nitrogens is 1. The summed E-state index contributed by atoms with van der Waals surface area (Å²) < 4.78 is 0. The number of carboxylic acid groups (broad SMARTS) is 1. The van der Waals surface area contributed by atoms with Crippen LogP contribution in [-0.4, -0.2) is 75.1 Å². The first-order valence-corrected chi connectivity index (χ1v) is 10.6. The van der Waals surface area contributed by atoms with Gasteiger partial charge >= 0.3 is 12.0 Å². The van der Waals surface area contributed by atoms with Gasteiger partial charge in [-0.1, -0.05) is 6.92 Å². The summed E-state index contributed by atoms with van der Waals surface area (Å²) in [4.78, 5) is 31.8. The number of amides is 2. The van der Waals surface area contributed by atoms with E-state index in [4.69, 9.17) is 5.11 Å². The van der Waals surface area contributed by atoms with E-state index in [-0.39, 0.29) is 30.7 Å². The molecule has 1 aliphatic heterocycles. The summed E-state index contributed by atoms with van der Waals surface area (Å²) in [6, 6.07) is 0.406. The van der Waals surface area contributed by atoms with Gasteiger partial charge in [-0.3, -0.25) is 9.69 Å². The summed E-state index contributed by atoms with van der Waals surface area (Å²) in [5, 5.41) is 15.0. The lowest BCUT2D eigenvalue weighted by atomic mass is 9.85. The first kappa shape index (κ1) is 18.5. The third kappa shape index (κ3) is 4.45. The number of thioether (sulfide) groups is 1. The fraction of sp³-hybridized carbons (Fsp3) is 0.688. The summed E-state index contributed by atoms with van der Waals surface area (Å²) in [5.41, 5.74) is 0. The standard InChI is InChI=1S/C16H24N4O3S2/c1-2-19(9-14(21)22)12-7-11(8-12)18-16(23)20-4-6-24-10-13(20)15-17-3-5-25-15/h3,5,11-13H,2,4,6-10H2,1H3,(H,18,23)(H,21,22). The second-order valence-corrected chi connectivity index (χ2v) is 8.46. The van der Waals surface area contributed by atoms with Gasteiger partial charge < -0.3 is 15.3 Å². The van der Waals surface area contributed by atoms with Crippen LogP contribution < -0.4 is 5.32 Å². The quantitative estimate of drug-likeness (QED) is 0.779. The van der Waals surface area contributed by atoms with Gasteiger partial charge in [0.15, 0.2) is 0 Å². The summed E-state index contributed by atoms with van der Waals surface area (Å²) in [6.07, 6.45) is 3.42. The van der Waals surface area contributed by atoms with Crippen molar-refractivity contribution in [1.82, 2.24) is 20.1 Å². The normalized spacial score (nSPS) is 26.3. The van der Waals surface area contributed by atoms with E-state index in [1.807, 2.05) is 33.9 Å². The van der Waals surface area contributed by atoms with Gasteiger partial charge in [-0.2, -0.15) is 11.8 Å². The third-order valence-electron chi connectivity index (χ3n) is 4.83. The van der Waals surface area contributed by atoms with Crippen LogP contribution in [0.5, 0.6) is 0 Å². The lowest BCUT2D eigenvalue weighted by Gasteiger charge is -2.43. The predicted molar refractivity (Wildman–Crippen MR) is 99.1 cm³/mol. The molecule has 1 saturated heterocycles. The smallest absolute Gasteiger partial charge is 0.318 e. The van der Waals surface area contributed by atoms with Crippen LogP contribution in [0.1, 0.15) is 30.8 Å². The van der Waals surface area contributed by atoms with Crippen LogP contribution in [0, 0.1) is 0 Å². The van der Waals surface area contributed by atoms with Crippen LogP contribution in [-0.2, 0) is 4.79 Å². The Balaban J connectivity index is 1.52. The lowest BCUT2D eigenvalue weighted by Crippen LogP contribution is -2.57.